The van der Waals surface area contributed by atoms with Gasteiger partial charge in [0, 0.05) is 25.0 Å². The first-order valence-electron chi connectivity index (χ1n) is 5.82. The van der Waals surface area contributed by atoms with E-state index in [2.05, 4.69) is 21.8 Å². The molecule has 2 aromatic heterocycles. The van der Waals surface area contributed by atoms with Crippen LogP contribution in [0, 0.1) is 0 Å². The summed E-state index contributed by atoms with van der Waals surface area (Å²) >= 11 is 1.50. The minimum absolute atomic E-state index is 0.00592. The van der Waals surface area contributed by atoms with Crippen LogP contribution in [0.3, 0.4) is 0 Å². The Labute approximate surface area is 110 Å². The molecule has 0 saturated carbocycles. The van der Waals surface area contributed by atoms with E-state index in [4.69, 9.17) is 0 Å². The molecule has 2 rings (SSSR count). The van der Waals surface area contributed by atoms with Gasteiger partial charge in [0.05, 0.1) is 12.2 Å². The van der Waals surface area contributed by atoms with E-state index in [-0.39, 0.29) is 5.78 Å². The number of nitrogens with zero attached hydrogens (tertiary/aromatic N) is 3. The highest BCUT2D eigenvalue weighted by Crippen LogP contribution is 2.22. The van der Waals surface area contributed by atoms with Crippen LogP contribution in [0.1, 0.15) is 30.0 Å². The molecule has 0 N–H and O–H groups in total. The lowest BCUT2D eigenvalue weighted by Gasteiger charge is -2.18. The minimum atomic E-state index is 0.00592. The number of carbonyl (C=O) groups excluding carboxylic acids is 1. The van der Waals surface area contributed by atoms with Gasteiger partial charge in [0.15, 0.2) is 10.9 Å². The van der Waals surface area contributed by atoms with E-state index in [0.717, 1.165) is 17.4 Å². The van der Waals surface area contributed by atoms with Gasteiger partial charge in [-0.2, -0.15) is 0 Å². The zero-order chi connectivity index (χ0) is 13.0. The van der Waals surface area contributed by atoms with Crippen molar-refractivity contribution in [2.24, 2.45) is 0 Å². The van der Waals surface area contributed by atoms with Crippen LogP contribution in [-0.2, 0) is 6.54 Å². The number of anilines is 1. The summed E-state index contributed by atoms with van der Waals surface area (Å²) in [5, 5.41) is 2.67. The summed E-state index contributed by atoms with van der Waals surface area (Å²) in [7, 11) is 0. The molecular weight excluding hydrogens is 246 g/mol. The normalized spacial score (nSPS) is 10.3. The van der Waals surface area contributed by atoms with Gasteiger partial charge in [0.2, 0.25) is 0 Å². The van der Waals surface area contributed by atoms with E-state index in [1.807, 2.05) is 18.2 Å². The number of carbonyl (C=O) groups is 1. The van der Waals surface area contributed by atoms with Gasteiger partial charge in [-0.05, 0) is 19.1 Å². The fourth-order valence-corrected chi connectivity index (χ4v) is 2.50. The van der Waals surface area contributed by atoms with Crippen LogP contribution in [0.25, 0.3) is 0 Å². The molecule has 0 fully saturated rings. The molecule has 18 heavy (non-hydrogen) atoms. The molecule has 0 bridgehead atoms. The second-order valence-corrected chi connectivity index (χ2v) is 4.74. The molecular formula is C13H15N3OS. The first kappa shape index (κ1) is 12.7. The van der Waals surface area contributed by atoms with E-state index in [1.165, 1.54) is 18.3 Å². The number of rotatable bonds is 5. The Morgan fingerprint density at radius 1 is 1.44 bits per heavy atom. The summed E-state index contributed by atoms with van der Waals surface area (Å²) in [4.78, 5) is 22.0. The average molecular weight is 261 g/mol. The summed E-state index contributed by atoms with van der Waals surface area (Å²) in [6, 6.07) is 5.86. The van der Waals surface area contributed by atoms with Crippen molar-refractivity contribution in [3.63, 3.8) is 0 Å². The third-order valence-corrected chi connectivity index (χ3v) is 3.49. The zero-order valence-electron chi connectivity index (χ0n) is 10.5. The van der Waals surface area contributed by atoms with Gasteiger partial charge in [0.1, 0.15) is 5.69 Å². The Morgan fingerprint density at radius 2 is 2.28 bits per heavy atom. The second-order valence-electron chi connectivity index (χ2n) is 3.91. The quantitative estimate of drug-likeness (QED) is 0.776. The van der Waals surface area contributed by atoms with Crippen LogP contribution in [0.15, 0.2) is 29.8 Å². The molecule has 0 unspecified atom stereocenters. The summed E-state index contributed by atoms with van der Waals surface area (Å²) in [6.07, 6.45) is 1.78. The molecule has 2 heterocycles. The number of ketones is 1. The predicted molar refractivity (Wildman–Crippen MR) is 73.1 cm³/mol. The highest BCUT2D eigenvalue weighted by molar-refractivity contribution is 7.13. The summed E-state index contributed by atoms with van der Waals surface area (Å²) < 4.78 is 0. The van der Waals surface area contributed by atoms with E-state index < -0.39 is 0 Å². The molecule has 0 atom stereocenters. The first-order chi connectivity index (χ1) is 8.70. The van der Waals surface area contributed by atoms with Crippen molar-refractivity contribution < 1.29 is 4.79 Å². The average Bonchev–Trinajstić information content (AvgIpc) is 2.87. The maximum Gasteiger partial charge on any atom is 0.186 e. The van der Waals surface area contributed by atoms with Crippen LogP contribution in [-0.4, -0.2) is 22.3 Å². The van der Waals surface area contributed by atoms with E-state index in [9.17, 15) is 4.79 Å². The van der Waals surface area contributed by atoms with Crippen LogP contribution >= 0.6 is 11.3 Å². The monoisotopic (exact) mass is 261 g/mol. The third-order valence-electron chi connectivity index (χ3n) is 2.58. The molecule has 2 aromatic rings. The minimum Gasteiger partial charge on any atom is -0.342 e. The molecule has 5 heteroatoms. The predicted octanol–water partition coefficient (Wildman–Crippen LogP) is 2.77. The molecule has 0 aliphatic carbocycles. The van der Waals surface area contributed by atoms with Crippen LogP contribution in [0.5, 0.6) is 0 Å². The zero-order valence-corrected chi connectivity index (χ0v) is 11.3. The van der Waals surface area contributed by atoms with Crippen molar-refractivity contribution in [1.29, 1.82) is 0 Å². The van der Waals surface area contributed by atoms with Crippen molar-refractivity contribution in [2.75, 3.05) is 11.4 Å². The van der Waals surface area contributed by atoms with Gasteiger partial charge < -0.3 is 4.90 Å². The molecule has 0 aliphatic rings. The summed E-state index contributed by atoms with van der Waals surface area (Å²) in [5.41, 5.74) is 1.54. The maximum atomic E-state index is 11.2. The Morgan fingerprint density at radius 3 is 2.83 bits per heavy atom. The number of hydrogen-bond donors (Lipinski definition) is 0. The Balaban J connectivity index is 2.15. The third kappa shape index (κ3) is 2.92. The molecule has 0 saturated heterocycles. The molecule has 0 spiro atoms. The second kappa shape index (κ2) is 5.73. The van der Waals surface area contributed by atoms with Crippen molar-refractivity contribution >= 4 is 22.3 Å². The standard InChI is InChI=1S/C13H15N3OS/c1-3-16(8-11-6-4-5-7-14-11)13-15-12(9-18-13)10(2)17/h4-7,9H,3,8H2,1-2H3. The first-order valence-corrected chi connectivity index (χ1v) is 6.70. The molecule has 0 aromatic carbocycles. The Bertz CT molecular complexity index is 524. The van der Waals surface area contributed by atoms with Crippen molar-refractivity contribution in [3.05, 3.63) is 41.2 Å². The maximum absolute atomic E-state index is 11.2. The van der Waals surface area contributed by atoms with Crippen LogP contribution in [0.2, 0.25) is 0 Å². The summed E-state index contributed by atoms with van der Waals surface area (Å²) in [6.45, 7) is 5.15. The van der Waals surface area contributed by atoms with E-state index in [1.54, 1.807) is 11.6 Å². The lowest BCUT2D eigenvalue weighted by Crippen LogP contribution is -2.22. The number of thiazole rings is 1. The number of hydrogen-bond acceptors (Lipinski definition) is 5. The lowest BCUT2D eigenvalue weighted by molar-refractivity contribution is 0.101. The van der Waals surface area contributed by atoms with Gasteiger partial charge in [0.25, 0.3) is 0 Å². The number of pyridine rings is 1. The highest BCUT2D eigenvalue weighted by Gasteiger charge is 2.12. The van der Waals surface area contributed by atoms with Crippen LogP contribution < -0.4 is 4.90 Å². The smallest absolute Gasteiger partial charge is 0.186 e. The SMILES string of the molecule is CCN(Cc1ccccn1)c1nc(C(C)=O)cs1. The molecule has 0 amide bonds. The molecule has 94 valence electrons. The van der Waals surface area contributed by atoms with Gasteiger partial charge >= 0.3 is 0 Å². The van der Waals surface area contributed by atoms with Gasteiger partial charge in [-0.1, -0.05) is 6.07 Å². The van der Waals surface area contributed by atoms with Crippen molar-refractivity contribution in [1.82, 2.24) is 9.97 Å². The number of Topliss-reactive ketones (excluding diaryl/α,β-unsaturated/α-hetero) is 1. The highest BCUT2D eigenvalue weighted by atomic mass is 32.1. The lowest BCUT2D eigenvalue weighted by atomic mass is 10.3. The van der Waals surface area contributed by atoms with Gasteiger partial charge in [-0.15, -0.1) is 11.3 Å². The summed E-state index contributed by atoms with van der Waals surface area (Å²) in [5.74, 6) is 0.00592. The fourth-order valence-electron chi connectivity index (χ4n) is 1.57. The molecule has 4 nitrogen and oxygen atoms in total. The molecule has 0 radical (unpaired) electrons. The van der Waals surface area contributed by atoms with E-state index >= 15 is 0 Å². The Kier molecular flexibility index (Phi) is 4.04. The largest absolute Gasteiger partial charge is 0.342 e. The topological polar surface area (TPSA) is 46.1 Å². The Hall–Kier alpha value is -1.75. The van der Waals surface area contributed by atoms with Gasteiger partial charge in [-0.3, -0.25) is 9.78 Å². The van der Waals surface area contributed by atoms with Crippen molar-refractivity contribution in [2.45, 2.75) is 20.4 Å². The molecule has 0 aliphatic heterocycles. The fraction of sp³-hybridized carbons (Fsp3) is 0.308. The number of aromatic nitrogens is 2. The van der Waals surface area contributed by atoms with Gasteiger partial charge in [-0.25, -0.2) is 4.98 Å². The van der Waals surface area contributed by atoms with Crippen LogP contribution in [0.4, 0.5) is 5.13 Å². The van der Waals surface area contributed by atoms with E-state index in [0.29, 0.717) is 12.2 Å². The van der Waals surface area contributed by atoms with Crippen molar-refractivity contribution in [3.8, 4) is 0 Å².